The first-order valence-corrected chi connectivity index (χ1v) is 9.92. The van der Waals surface area contributed by atoms with Gasteiger partial charge in [-0.3, -0.25) is 0 Å². The lowest BCUT2D eigenvalue weighted by molar-refractivity contribution is 0.106. The fourth-order valence-corrected chi connectivity index (χ4v) is 3.24. The number of carbonyl (C=O) groups is 1. The molecule has 0 saturated heterocycles. The maximum absolute atomic E-state index is 12.3. The Balaban J connectivity index is 1.58. The molecule has 0 unspecified atom stereocenters. The Kier molecular flexibility index (Phi) is 8.00. The molecule has 4 N–H and O–H groups in total. The topological polar surface area (TPSA) is 111 Å². The van der Waals surface area contributed by atoms with Gasteiger partial charge in [0.2, 0.25) is 0 Å². The average molecular weight is 409 g/mol. The molecule has 0 spiro atoms. The van der Waals surface area contributed by atoms with E-state index in [-0.39, 0.29) is 12.6 Å². The van der Waals surface area contributed by atoms with E-state index in [1.54, 1.807) is 0 Å². The highest BCUT2D eigenvalue weighted by Crippen LogP contribution is 2.13. The molecule has 158 valence electrons. The second kappa shape index (κ2) is 11.1. The molecule has 0 bridgehead atoms. The molecule has 3 rings (SSSR count). The van der Waals surface area contributed by atoms with Crippen molar-refractivity contribution in [1.82, 2.24) is 10.3 Å². The molecule has 0 radical (unpaired) electrons. The van der Waals surface area contributed by atoms with Crippen molar-refractivity contribution >= 4 is 6.09 Å². The summed E-state index contributed by atoms with van der Waals surface area (Å²) in [5.74, 6) is 0.453. The van der Waals surface area contributed by atoms with Crippen molar-refractivity contribution in [2.24, 2.45) is 5.73 Å². The van der Waals surface area contributed by atoms with Gasteiger partial charge in [-0.05, 0) is 30.4 Å². The van der Waals surface area contributed by atoms with Gasteiger partial charge in [0, 0.05) is 12.1 Å². The predicted molar refractivity (Wildman–Crippen MR) is 113 cm³/mol. The molecule has 3 aromatic rings. The van der Waals surface area contributed by atoms with Crippen LogP contribution in [0.3, 0.4) is 0 Å². The van der Waals surface area contributed by atoms with Gasteiger partial charge in [-0.25, -0.2) is 9.78 Å². The minimum absolute atomic E-state index is 0.0139. The van der Waals surface area contributed by atoms with Crippen molar-refractivity contribution in [2.75, 3.05) is 0 Å². The van der Waals surface area contributed by atoms with Crippen LogP contribution in [0.15, 0.2) is 77.7 Å². The van der Waals surface area contributed by atoms with Gasteiger partial charge in [0.05, 0.1) is 12.3 Å². The summed E-state index contributed by atoms with van der Waals surface area (Å²) in [5, 5.41) is 13.5. The number of aromatic nitrogens is 1. The maximum atomic E-state index is 12.3. The number of oxazole rings is 1. The number of carbonyl (C=O) groups excluding carboxylic acids is 1. The number of aliphatic hydroxyl groups is 1. The number of hydrogen-bond acceptors (Lipinski definition) is 6. The van der Waals surface area contributed by atoms with Crippen LogP contribution in [0, 0.1) is 0 Å². The Morgan fingerprint density at radius 1 is 1.07 bits per heavy atom. The van der Waals surface area contributed by atoms with E-state index in [9.17, 15) is 9.90 Å². The highest BCUT2D eigenvalue weighted by molar-refractivity contribution is 5.67. The maximum Gasteiger partial charge on any atom is 0.407 e. The van der Waals surface area contributed by atoms with Crippen LogP contribution in [0.5, 0.6) is 0 Å². The summed E-state index contributed by atoms with van der Waals surface area (Å²) in [7, 11) is 0. The van der Waals surface area contributed by atoms with Crippen molar-refractivity contribution in [3.05, 3.63) is 90.1 Å². The lowest BCUT2D eigenvalue weighted by Gasteiger charge is -2.25. The molecule has 0 aliphatic carbocycles. The van der Waals surface area contributed by atoms with E-state index in [1.807, 2.05) is 60.7 Å². The van der Waals surface area contributed by atoms with Crippen LogP contribution in [0.2, 0.25) is 0 Å². The molecule has 0 aliphatic rings. The summed E-state index contributed by atoms with van der Waals surface area (Å²) < 4.78 is 10.3. The van der Waals surface area contributed by atoms with E-state index in [1.165, 1.54) is 12.6 Å². The van der Waals surface area contributed by atoms with Crippen molar-refractivity contribution in [2.45, 2.75) is 44.1 Å². The Labute approximate surface area is 175 Å². The molecule has 7 heteroatoms. The van der Waals surface area contributed by atoms with Crippen LogP contribution in [-0.4, -0.2) is 34.4 Å². The third-order valence-electron chi connectivity index (χ3n) is 4.81. The Morgan fingerprint density at radius 2 is 1.70 bits per heavy atom. The number of ether oxygens (including phenoxy) is 1. The molecular weight excluding hydrogens is 382 g/mol. The number of nitrogens with two attached hydrogens (primary N) is 1. The average Bonchev–Trinajstić information content (AvgIpc) is 3.27. The SMILES string of the molecule is N[C@@H](Cc1ccccc1)[C@@H](O)C[C@H](Cc1ccccc1)NC(=O)OCc1cnco1. The lowest BCUT2D eigenvalue weighted by Crippen LogP contribution is -2.44. The minimum atomic E-state index is -0.784. The minimum Gasteiger partial charge on any atom is -0.445 e. The summed E-state index contributed by atoms with van der Waals surface area (Å²) in [4.78, 5) is 16.1. The summed E-state index contributed by atoms with van der Waals surface area (Å²) >= 11 is 0. The number of nitrogens with zero attached hydrogens (tertiary/aromatic N) is 1. The summed E-state index contributed by atoms with van der Waals surface area (Å²) in [5.41, 5.74) is 8.33. The number of amides is 1. The van der Waals surface area contributed by atoms with Crippen LogP contribution in [-0.2, 0) is 24.2 Å². The van der Waals surface area contributed by atoms with E-state index in [0.717, 1.165) is 11.1 Å². The van der Waals surface area contributed by atoms with Crippen molar-refractivity contribution in [3.8, 4) is 0 Å². The third kappa shape index (κ3) is 7.02. The fourth-order valence-electron chi connectivity index (χ4n) is 3.24. The molecule has 1 heterocycles. The van der Waals surface area contributed by atoms with E-state index in [2.05, 4.69) is 10.3 Å². The highest BCUT2D eigenvalue weighted by Gasteiger charge is 2.23. The fraction of sp³-hybridized carbons (Fsp3) is 0.304. The van der Waals surface area contributed by atoms with Gasteiger partial charge in [0.1, 0.15) is 0 Å². The van der Waals surface area contributed by atoms with Gasteiger partial charge in [0.15, 0.2) is 18.8 Å². The van der Waals surface area contributed by atoms with Crippen LogP contribution in [0.1, 0.15) is 23.3 Å². The number of benzene rings is 2. The number of rotatable bonds is 10. The van der Waals surface area contributed by atoms with E-state index in [0.29, 0.717) is 25.0 Å². The molecule has 0 aliphatic heterocycles. The molecule has 0 fully saturated rings. The molecule has 2 aromatic carbocycles. The molecule has 30 heavy (non-hydrogen) atoms. The van der Waals surface area contributed by atoms with Crippen molar-refractivity contribution in [3.63, 3.8) is 0 Å². The van der Waals surface area contributed by atoms with Crippen LogP contribution >= 0.6 is 0 Å². The molecule has 3 atom stereocenters. The first-order chi connectivity index (χ1) is 14.6. The van der Waals surface area contributed by atoms with Gasteiger partial charge >= 0.3 is 6.09 Å². The standard InChI is InChI=1S/C23H27N3O4/c24-21(12-18-9-5-2-6-10-18)22(27)13-19(11-17-7-3-1-4-8-17)26-23(28)29-15-20-14-25-16-30-20/h1-10,14,16,19,21-22,27H,11-13,15,24H2,(H,26,28)/t19-,21-,22-/m0/s1. The lowest BCUT2D eigenvalue weighted by atomic mass is 9.94. The zero-order valence-electron chi connectivity index (χ0n) is 16.7. The van der Waals surface area contributed by atoms with Gasteiger partial charge in [-0.15, -0.1) is 0 Å². The third-order valence-corrected chi connectivity index (χ3v) is 4.81. The molecule has 1 aromatic heterocycles. The van der Waals surface area contributed by atoms with E-state index >= 15 is 0 Å². The largest absolute Gasteiger partial charge is 0.445 e. The number of aliphatic hydroxyl groups excluding tert-OH is 1. The summed E-state index contributed by atoms with van der Waals surface area (Å²) in [6.07, 6.45) is 2.80. The summed E-state index contributed by atoms with van der Waals surface area (Å²) in [6, 6.07) is 18.8. The van der Waals surface area contributed by atoms with Gasteiger partial charge in [0.25, 0.3) is 0 Å². The van der Waals surface area contributed by atoms with Gasteiger partial charge < -0.3 is 25.3 Å². The van der Waals surface area contributed by atoms with Crippen LogP contribution in [0.4, 0.5) is 4.79 Å². The zero-order valence-corrected chi connectivity index (χ0v) is 16.7. The molecule has 1 amide bonds. The molecular formula is C23H27N3O4. The van der Waals surface area contributed by atoms with Crippen LogP contribution < -0.4 is 11.1 Å². The van der Waals surface area contributed by atoms with Gasteiger partial charge in [-0.2, -0.15) is 0 Å². The monoisotopic (exact) mass is 409 g/mol. The van der Waals surface area contributed by atoms with Crippen LogP contribution in [0.25, 0.3) is 0 Å². The van der Waals surface area contributed by atoms with Crippen molar-refractivity contribution < 1.29 is 19.1 Å². The summed E-state index contributed by atoms with van der Waals surface area (Å²) in [6.45, 7) is -0.0139. The smallest absolute Gasteiger partial charge is 0.407 e. The Bertz CT molecular complexity index is 872. The normalized spacial score (nSPS) is 13.9. The Hall–Kier alpha value is -3.16. The Morgan fingerprint density at radius 3 is 2.30 bits per heavy atom. The molecule has 0 saturated carbocycles. The van der Waals surface area contributed by atoms with E-state index < -0.39 is 18.2 Å². The highest BCUT2D eigenvalue weighted by atomic mass is 16.6. The first-order valence-electron chi connectivity index (χ1n) is 9.92. The predicted octanol–water partition coefficient (Wildman–Crippen LogP) is 2.83. The second-order valence-corrected chi connectivity index (χ2v) is 7.23. The zero-order chi connectivity index (χ0) is 21.2. The first kappa shape index (κ1) is 21.5. The van der Waals surface area contributed by atoms with Crippen molar-refractivity contribution in [1.29, 1.82) is 0 Å². The quantitative estimate of drug-likeness (QED) is 0.475. The second-order valence-electron chi connectivity index (χ2n) is 7.23. The van der Waals surface area contributed by atoms with E-state index in [4.69, 9.17) is 14.9 Å². The number of alkyl carbamates (subject to hydrolysis) is 1. The van der Waals surface area contributed by atoms with Gasteiger partial charge in [-0.1, -0.05) is 60.7 Å². The number of hydrogen-bond donors (Lipinski definition) is 3. The number of nitrogens with one attached hydrogen (secondary N) is 1. The molecule has 7 nitrogen and oxygen atoms in total.